The summed E-state index contributed by atoms with van der Waals surface area (Å²) in [7, 11) is 1.57. The second-order valence-corrected chi connectivity index (χ2v) is 10.3. The highest BCUT2D eigenvalue weighted by Crippen LogP contribution is 2.34. The van der Waals surface area contributed by atoms with Gasteiger partial charge in [0.15, 0.2) is 18.1 Å². The van der Waals surface area contributed by atoms with E-state index in [0.717, 1.165) is 55.0 Å². The van der Waals surface area contributed by atoms with E-state index in [2.05, 4.69) is 31.2 Å². The van der Waals surface area contributed by atoms with Crippen molar-refractivity contribution in [3.63, 3.8) is 0 Å². The number of anilines is 1. The van der Waals surface area contributed by atoms with E-state index in [1.54, 1.807) is 19.4 Å². The van der Waals surface area contributed by atoms with Gasteiger partial charge in [-0.1, -0.05) is 17.7 Å². The van der Waals surface area contributed by atoms with Gasteiger partial charge < -0.3 is 24.8 Å². The minimum absolute atomic E-state index is 0.0390. The predicted molar refractivity (Wildman–Crippen MR) is 154 cm³/mol. The number of morpholine rings is 1. The number of ether oxygens (including phenoxy) is 3. The van der Waals surface area contributed by atoms with Crippen LogP contribution in [-0.2, 0) is 9.53 Å². The molecule has 3 aromatic rings. The average Bonchev–Trinajstić information content (AvgIpc) is 3.60. The topological polar surface area (TPSA) is 128 Å². The third-order valence-electron chi connectivity index (χ3n) is 6.65. The minimum atomic E-state index is -0.379. The summed E-state index contributed by atoms with van der Waals surface area (Å²) in [5, 5.41) is 16.7. The number of amides is 1. The number of hydrogen-bond acceptors (Lipinski definition) is 10. The first-order chi connectivity index (χ1) is 19.4. The fourth-order valence-corrected chi connectivity index (χ4v) is 4.86. The summed E-state index contributed by atoms with van der Waals surface area (Å²) < 4.78 is 16.8. The van der Waals surface area contributed by atoms with Gasteiger partial charge in [-0.3, -0.25) is 19.8 Å². The Morgan fingerprint density at radius 3 is 2.80 bits per heavy atom. The highest BCUT2D eigenvalue weighted by atomic mass is 35.5. The summed E-state index contributed by atoms with van der Waals surface area (Å²) >= 11 is 6.70. The Labute approximate surface area is 238 Å². The van der Waals surface area contributed by atoms with Gasteiger partial charge in [-0.2, -0.15) is 5.10 Å². The number of rotatable bonds is 10. The number of aromatic amines is 1. The number of H-pyrrole nitrogens is 1. The van der Waals surface area contributed by atoms with Crippen LogP contribution in [0.4, 0.5) is 5.69 Å². The van der Waals surface area contributed by atoms with Gasteiger partial charge in [0.25, 0.3) is 5.91 Å². The van der Waals surface area contributed by atoms with E-state index in [-0.39, 0.29) is 24.7 Å². The van der Waals surface area contributed by atoms with Crippen molar-refractivity contribution in [1.29, 1.82) is 0 Å². The van der Waals surface area contributed by atoms with Gasteiger partial charge in [0.1, 0.15) is 6.17 Å². The van der Waals surface area contributed by atoms with Gasteiger partial charge in [0.2, 0.25) is 5.96 Å². The van der Waals surface area contributed by atoms with E-state index in [9.17, 15) is 4.79 Å². The molecule has 1 atom stereocenters. The molecule has 1 amide bonds. The van der Waals surface area contributed by atoms with Crippen LogP contribution in [0.15, 0.2) is 41.5 Å². The highest BCUT2D eigenvalue weighted by Gasteiger charge is 2.28. The molecule has 1 saturated heterocycles. The van der Waals surface area contributed by atoms with Crippen molar-refractivity contribution in [3.05, 3.63) is 47.1 Å². The molecule has 1 unspecified atom stereocenters. The van der Waals surface area contributed by atoms with Crippen molar-refractivity contribution >= 4 is 40.1 Å². The molecule has 1 fully saturated rings. The second-order valence-electron chi connectivity index (χ2n) is 9.89. The summed E-state index contributed by atoms with van der Waals surface area (Å²) in [6.45, 7) is 8.51. The molecule has 2 aromatic carbocycles. The maximum Gasteiger partial charge on any atom is 0.258 e. The van der Waals surface area contributed by atoms with Crippen molar-refractivity contribution in [2.75, 3.05) is 58.4 Å². The monoisotopic (exact) mass is 570 g/mol. The van der Waals surface area contributed by atoms with Crippen LogP contribution in [0.25, 0.3) is 10.9 Å². The third kappa shape index (κ3) is 6.58. The van der Waals surface area contributed by atoms with E-state index in [1.807, 2.05) is 43.1 Å². The lowest BCUT2D eigenvalue weighted by Gasteiger charge is -2.30. The fourth-order valence-electron chi connectivity index (χ4n) is 4.60. The number of fused-ring (bicyclic) bond motifs is 1. The fraction of sp³-hybridized carbons (Fsp3) is 0.444. The minimum Gasteiger partial charge on any atom is -0.493 e. The van der Waals surface area contributed by atoms with E-state index < -0.39 is 0 Å². The summed E-state index contributed by atoms with van der Waals surface area (Å²) in [6.07, 6.45) is 1.33. The van der Waals surface area contributed by atoms with Gasteiger partial charge >= 0.3 is 0 Å². The van der Waals surface area contributed by atoms with Crippen molar-refractivity contribution < 1.29 is 19.0 Å². The van der Waals surface area contributed by atoms with Gasteiger partial charge in [-0.25, -0.2) is 10.4 Å². The molecular weight excluding hydrogens is 536 g/mol. The number of nitrogens with zero attached hydrogens (tertiary/aromatic N) is 4. The number of benzene rings is 2. The standard InChI is InChI=1S/C27H35ClN8O4/c1-17(2)30-24(37)16-40-22-7-4-18(14-23(22)38-3)26-32-27(36(34-26)9-8-35-10-12-39-13-11-35)31-21-6-5-20-19(25(21)28)15-29-33-20/h4-7,14-15,17,26,34H,8-13,16H2,1-3H3,(H,29,33)(H,30,37)(H,31,32). The SMILES string of the molecule is COc1cc(C2N=C(Nc3ccc4[nH]ncc4c3Cl)N(CCN3CCOCC3)N2)ccc1OCC(=O)NC(C)C. The molecular formula is C27H35ClN8O4. The molecule has 0 radical (unpaired) electrons. The zero-order valence-electron chi connectivity index (χ0n) is 22.9. The van der Waals surface area contributed by atoms with E-state index >= 15 is 0 Å². The molecule has 214 valence electrons. The Morgan fingerprint density at radius 2 is 2.02 bits per heavy atom. The zero-order chi connectivity index (χ0) is 28.1. The second kappa shape index (κ2) is 12.7. The van der Waals surface area contributed by atoms with Crippen LogP contribution >= 0.6 is 11.6 Å². The molecule has 2 aliphatic rings. The quantitative estimate of drug-likeness (QED) is 0.291. The molecule has 4 N–H and O–H groups in total. The lowest BCUT2D eigenvalue weighted by molar-refractivity contribution is -0.123. The number of guanidine groups is 1. The molecule has 3 heterocycles. The molecule has 5 rings (SSSR count). The van der Waals surface area contributed by atoms with Crippen LogP contribution in [0.5, 0.6) is 11.5 Å². The van der Waals surface area contributed by atoms with E-state index in [1.165, 1.54) is 0 Å². The van der Waals surface area contributed by atoms with E-state index in [4.69, 9.17) is 30.8 Å². The molecule has 13 heteroatoms. The van der Waals surface area contributed by atoms with Gasteiger partial charge in [-0.15, -0.1) is 0 Å². The molecule has 12 nitrogen and oxygen atoms in total. The molecule has 0 spiro atoms. The molecule has 0 bridgehead atoms. The largest absolute Gasteiger partial charge is 0.493 e. The molecule has 1 aromatic heterocycles. The van der Waals surface area contributed by atoms with Crippen LogP contribution in [0.3, 0.4) is 0 Å². The smallest absolute Gasteiger partial charge is 0.258 e. The van der Waals surface area contributed by atoms with Crippen LogP contribution in [0.2, 0.25) is 5.02 Å². The number of carbonyl (C=O) groups is 1. The van der Waals surface area contributed by atoms with Crippen LogP contribution in [0, 0.1) is 0 Å². The number of carbonyl (C=O) groups excluding carboxylic acids is 1. The van der Waals surface area contributed by atoms with Gasteiger partial charge in [0, 0.05) is 31.1 Å². The molecule has 2 aliphatic heterocycles. The Kier molecular flexibility index (Phi) is 8.90. The lowest BCUT2D eigenvalue weighted by atomic mass is 10.1. The first-order valence-electron chi connectivity index (χ1n) is 13.3. The number of aliphatic imine (C=N–C) groups is 1. The predicted octanol–water partition coefficient (Wildman–Crippen LogP) is 2.75. The number of hydrazine groups is 1. The molecule has 0 aliphatic carbocycles. The summed E-state index contributed by atoms with van der Waals surface area (Å²) in [5.41, 5.74) is 5.97. The summed E-state index contributed by atoms with van der Waals surface area (Å²) in [6, 6.07) is 9.44. The van der Waals surface area contributed by atoms with Crippen molar-refractivity contribution in [2.45, 2.75) is 26.1 Å². The first kappa shape index (κ1) is 28.0. The summed E-state index contributed by atoms with van der Waals surface area (Å²) in [5.74, 6) is 1.45. The average molecular weight is 571 g/mol. The lowest BCUT2D eigenvalue weighted by Crippen LogP contribution is -2.47. The number of nitrogens with one attached hydrogen (secondary N) is 4. The van der Waals surface area contributed by atoms with Crippen molar-refractivity contribution in [1.82, 2.24) is 30.8 Å². The zero-order valence-corrected chi connectivity index (χ0v) is 23.6. The summed E-state index contributed by atoms with van der Waals surface area (Å²) in [4.78, 5) is 19.4. The van der Waals surface area contributed by atoms with Gasteiger partial charge in [-0.05, 0) is 43.7 Å². The molecule has 40 heavy (non-hydrogen) atoms. The van der Waals surface area contributed by atoms with Crippen LogP contribution in [0.1, 0.15) is 25.6 Å². The maximum absolute atomic E-state index is 12.0. The Bertz CT molecular complexity index is 1360. The van der Waals surface area contributed by atoms with Crippen molar-refractivity contribution in [3.8, 4) is 11.5 Å². The highest BCUT2D eigenvalue weighted by molar-refractivity contribution is 6.38. The maximum atomic E-state index is 12.0. The van der Waals surface area contributed by atoms with Crippen LogP contribution < -0.4 is 25.5 Å². The molecule has 0 saturated carbocycles. The van der Waals surface area contributed by atoms with Gasteiger partial charge in [0.05, 0.1) is 49.3 Å². The van der Waals surface area contributed by atoms with Crippen molar-refractivity contribution in [2.24, 2.45) is 4.99 Å². The first-order valence-corrected chi connectivity index (χ1v) is 13.7. The third-order valence-corrected chi connectivity index (χ3v) is 7.05. The number of methoxy groups -OCH3 is 1. The van der Waals surface area contributed by atoms with Crippen LogP contribution in [-0.4, -0.2) is 91.1 Å². The normalized spacial score (nSPS) is 17.8. The Morgan fingerprint density at radius 1 is 1.20 bits per heavy atom. The Balaban J connectivity index is 1.34. The van der Waals surface area contributed by atoms with E-state index in [0.29, 0.717) is 29.0 Å². The number of aromatic nitrogens is 2. The Hall–Kier alpha value is -3.58. The number of hydrogen-bond donors (Lipinski definition) is 4. The number of halogens is 1.